The molecule has 0 unspecified atom stereocenters. The predicted octanol–water partition coefficient (Wildman–Crippen LogP) is -0.314. The van der Waals surface area contributed by atoms with Crippen LogP contribution in [0.3, 0.4) is 0 Å². The molecule has 4 nitrogen and oxygen atoms in total. The van der Waals surface area contributed by atoms with Crippen molar-refractivity contribution in [2.24, 2.45) is 10.7 Å². The zero-order chi connectivity index (χ0) is 8.10. The molecule has 0 radical (unpaired) electrons. The molecule has 5 heteroatoms. The van der Waals surface area contributed by atoms with Gasteiger partial charge in [-0.3, -0.25) is 4.99 Å². The lowest BCUT2D eigenvalue weighted by Gasteiger charge is -2.07. The van der Waals surface area contributed by atoms with E-state index in [0.29, 0.717) is 19.8 Å². The molecule has 60 valence electrons. The van der Waals surface area contributed by atoms with Crippen molar-refractivity contribution in [2.75, 3.05) is 19.8 Å². The van der Waals surface area contributed by atoms with Crippen molar-refractivity contribution in [2.45, 2.75) is 0 Å². The van der Waals surface area contributed by atoms with E-state index in [1.54, 1.807) is 6.08 Å². The van der Waals surface area contributed by atoms with E-state index in [2.05, 4.69) is 4.99 Å². The van der Waals surface area contributed by atoms with Crippen molar-refractivity contribution in [1.82, 2.24) is 0 Å². The van der Waals surface area contributed by atoms with Crippen LogP contribution in [0.1, 0.15) is 0 Å². The second-order valence-corrected chi connectivity index (χ2v) is 2.69. The van der Waals surface area contributed by atoms with Gasteiger partial charge in [0.25, 0.3) is 0 Å². The van der Waals surface area contributed by atoms with E-state index >= 15 is 0 Å². The minimum Gasteiger partial charge on any atom is -0.373 e. The molecule has 0 aliphatic carbocycles. The van der Waals surface area contributed by atoms with Crippen LogP contribution in [-0.4, -0.2) is 25.5 Å². The topological polar surface area (TPSA) is 64.7 Å². The zero-order valence-corrected chi connectivity index (χ0v) is 6.76. The highest BCUT2D eigenvalue weighted by atomic mass is 32.1. The van der Waals surface area contributed by atoms with Crippen LogP contribution >= 0.6 is 0 Å². The highest BCUT2D eigenvalue weighted by molar-refractivity contribution is 7.70. The molecule has 0 bridgehead atoms. The minimum atomic E-state index is 0.231. The first-order valence-corrected chi connectivity index (χ1v) is 3.95. The lowest BCUT2D eigenvalue weighted by molar-refractivity contribution is 0.171. The second kappa shape index (κ2) is 4.15. The smallest absolute Gasteiger partial charge is 0.373 e. The standard InChI is InChI=1S/C6H9N2O2S/c7-6(11-9)3-5-4-10-2-1-8-5/h3H,1-2,4,7H2/q+1. The highest BCUT2D eigenvalue weighted by Gasteiger charge is 2.09. The summed E-state index contributed by atoms with van der Waals surface area (Å²) in [6, 6.07) is 0. The molecule has 0 amide bonds. The summed E-state index contributed by atoms with van der Waals surface area (Å²) in [6.07, 6.45) is 1.55. The van der Waals surface area contributed by atoms with Crippen molar-refractivity contribution in [1.29, 1.82) is 0 Å². The molecule has 0 atom stereocenters. The maximum atomic E-state index is 10.1. The van der Waals surface area contributed by atoms with Gasteiger partial charge in [-0.05, 0) is 0 Å². The van der Waals surface area contributed by atoms with Crippen LogP contribution in [0.15, 0.2) is 16.1 Å². The number of ether oxygens (including phenoxy) is 1. The number of nitrogens with two attached hydrogens (primary N) is 1. The van der Waals surface area contributed by atoms with Gasteiger partial charge in [-0.25, -0.2) is 0 Å². The number of nitrogens with zero attached hydrogens (tertiary/aromatic N) is 1. The van der Waals surface area contributed by atoms with Crippen LogP contribution in [0.4, 0.5) is 0 Å². The van der Waals surface area contributed by atoms with Crippen LogP contribution in [-0.2, 0) is 20.6 Å². The fraction of sp³-hybridized carbons (Fsp3) is 0.500. The molecular formula is C6H9N2O2S+. The molecule has 0 spiro atoms. The van der Waals surface area contributed by atoms with Crippen molar-refractivity contribution in [3.05, 3.63) is 11.1 Å². The Balaban J connectivity index is 2.59. The zero-order valence-electron chi connectivity index (χ0n) is 5.95. The number of aliphatic imine (C=N–C) groups is 1. The first-order valence-electron chi connectivity index (χ1n) is 3.21. The van der Waals surface area contributed by atoms with E-state index in [1.165, 1.54) is 0 Å². The third-order valence-corrected chi connectivity index (χ3v) is 1.52. The van der Waals surface area contributed by atoms with Gasteiger partial charge in [-0.2, -0.15) is 0 Å². The third-order valence-electron chi connectivity index (χ3n) is 1.21. The van der Waals surface area contributed by atoms with E-state index in [4.69, 9.17) is 10.5 Å². The number of hydrogen-bond donors (Lipinski definition) is 1. The first-order chi connectivity index (χ1) is 5.33. The Morgan fingerprint density at radius 3 is 3.18 bits per heavy atom. The van der Waals surface area contributed by atoms with Gasteiger partial charge in [-0.1, -0.05) is 0 Å². The van der Waals surface area contributed by atoms with Gasteiger partial charge in [0.2, 0.25) is 0 Å². The summed E-state index contributed by atoms with van der Waals surface area (Å²) < 4.78 is 15.2. The summed E-state index contributed by atoms with van der Waals surface area (Å²) in [6.45, 7) is 1.77. The lowest BCUT2D eigenvalue weighted by Crippen LogP contribution is -2.17. The molecule has 2 N–H and O–H groups in total. The first kappa shape index (κ1) is 8.29. The average Bonchev–Trinajstić information content (AvgIpc) is 2.06. The van der Waals surface area contributed by atoms with Crippen molar-refractivity contribution in [3.63, 3.8) is 0 Å². The number of rotatable bonds is 2. The Morgan fingerprint density at radius 1 is 1.82 bits per heavy atom. The van der Waals surface area contributed by atoms with Gasteiger partial charge >= 0.3 is 16.7 Å². The molecule has 0 fully saturated rings. The van der Waals surface area contributed by atoms with Gasteiger partial charge in [-0.15, -0.1) is 0 Å². The molecule has 0 aromatic heterocycles. The molecule has 11 heavy (non-hydrogen) atoms. The molecule has 0 saturated carbocycles. The predicted molar refractivity (Wildman–Crippen MR) is 43.4 cm³/mol. The van der Waals surface area contributed by atoms with Gasteiger partial charge in [0.1, 0.15) is 0 Å². The Bertz CT molecular complexity index is 213. The van der Waals surface area contributed by atoms with Crippen molar-refractivity contribution < 1.29 is 8.95 Å². The molecule has 1 aliphatic heterocycles. The minimum absolute atomic E-state index is 0.231. The normalized spacial score (nSPS) is 19.3. The molecule has 1 aliphatic rings. The van der Waals surface area contributed by atoms with Crippen LogP contribution in [0, 0.1) is 0 Å². The quantitative estimate of drug-likeness (QED) is 0.582. The van der Waals surface area contributed by atoms with Gasteiger partial charge < -0.3 is 10.5 Å². The Labute approximate surface area is 68.6 Å². The van der Waals surface area contributed by atoms with Gasteiger partial charge in [0.15, 0.2) is 0 Å². The van der Waals surface area contributed by atoms with E-state index < -0.39 is 0 Å². The summed E-state index contributed by atoms with van der Waals surface area (Å²) >= 11 is 0.271. The van der Waals surface area contributed by atoms with Crippen LogP contribution in [0.2, 0.25) is 0 Å². The Kier molecular flexibility index (Phi) is 3.13. The highest BCUT2D eigenvalue weighted by Crippen LogP contribution is 1.94. The second-order valence-electron chi connectivity index (χ2n) is 2.06. The maximum absolute atomic E-state index is 10.1. The SMILES string of the molecule is NC(=CC1=NCCOC1)[S+]=O. The van der Waals surface area contributed by atoms with E-state index in [9.17, 15) is 4.21 Å². The molecule has 0 aromatic carbocycles. The fourth-order valence-electron chi connectivity index (χ4n) is 0.752. The van der Waals surface area contributed by atoms with E-state index in [0.717, 1.165) is 5.71 Å². The Morgan fingerprint density at radius 2 is 2.64 bits per heavy atom. The summed E-state index contributed by atoms with van der Waals surface area (Å²) in [7, 11) is 0. The summed E-state index contributed by atoms with van der Waals surface area (Å²) in [5.41, 5.74) is 6.03. The van der Waals surface area contributed by atoms with Gasteiger partial charge in [0.05, 0.1) is 25.5 Å². The average molecular weight is 173 g/mol. The monoisotopic (exact) mass is 173 g/mol. The maximum Gasteiger partial charge on any atom is 0.524 e. The molecule has 1 rings (SSSR count). The molecule has 0 saturated heterocycles. The third kappa shape index (κ3) is 2.73. The number of hydrogen-bond acceptors (Lipinski definition) is 4. The summed E-state index contributed by atoms with van der Waals surface area (Å²) in [5.74, 6) is 0. The molecule has 1 heterocycles. The van der Waals surface area contributed by atoms with Crippen LogP contribution in [0.25, 0.3) is 0 Å². The fourth-order valence-corrected chi connectivity index (χ4v) is 0.936. The van der Waals surface area contributed by atoms with E-state index in [-0.39, 0.29) is 16.7 Å². The Hall–Kier alpha value is -0.810. The van der Waals surface area contributed by atoms with Gasteiger partial charge in [0, 0.05) is 10.3 Å². The summed E-state index contributed by atoms with van der Waals surface area (Å²) in [5, 5.41) is 0.231. The van der Waals surface area contributed by atoms with Crippen molar-refractivity contribution in [3.8, 4) is 0 Å². The largest absolute Gasteiger partial charge is 0.524 e. The van der Waals surface area contributed by atoms with Crippen LogP contribution < -0.4 is 5.73 Å². The van der Waals surface area contributed by atoms with Crippen molar-refractivity contribution >= 4 is 17.4 Å². The van der Waals surface area contributed by atoms with E-state index in [1.807, 2.05) is 0 Å². The molecular weight excluding hydrogens is 164 g/mol. The molecule has 0 aromatic rings. The van der Waals surface area contributed by atoms with Crippen LogP contribution in [0.5, 0.6) is 0 Å². The summed E-state index contributed by atoms with van der Waals surface area (Å²) in [4.78, 5) is 4.10. The lowest BCUT2D eigenvalue weighted by atomic mass is 10.3.